The Labute approximate surface area is 124 Å². The van der Waals surface area contributed by atoms with E-state index in [1.165, 1.54) is 22.3 Å². The lowest BCUT2D eigenvalue weighted by Gasteiger charge is -2.10. The zero-order chi connectivity index (χ0) is 13.9. The van der Waals surface area contributed by atoms with Crippen molar-refractivity contribution in [2.45, 2.75) is 6.42 Å². The summed E-state index contributed by atoms with van der Waals surface area (Å²) in [6.45, 7) is 4.33. The van der Waals surface area contributed by atoms with E-state index in [9.17, 15) is 0 Å². The van der Waals surface area contributed by atoms with Crippen molar-refractivity contribution in [1.29, 1.82) is 0 Å². The van der Waals surface area contributed by atoms with Crippen LogP contribution < -0.4 is 10.6 Å². The van der Waals surface area contributed by atoms with Gasteiger partial charge in [-0.1, -0.05) is 36.4 Å². The first-order valence-corrected chi connectivity index (χ1v) is 7.05. The maximum Gasteiger partial charge on any atom is 0.171 e. The van der Waals surface area contributed by atoms with Gasteiger partial charge in [0.15, 0.2) is 5.11 Å². The molecule has 0 spiro atoms. The van der Waals surface area contributed by atoms with E-state index in [0.717, 1.165) is 12.1 Å². The van der Waals surface area contributed by atoms with Gasteiger partial charge in [-0.2, -0.15) is 0 Å². The second-order valence-corrected chi connectivity index (χ2v) is 5.24. The van der Waals surface area contributed by atoms with Gasteiger partial charge in [0, 0.05) is 12.2 Å². The molecule has 0 aromatic heterocycles. The van der Waals surface area contributed by atoms with Crippen LogP contribution in [0.5, 0.6) is 0 Å². The van der Waals surface area contributed by atoms with Crippen molar-refractivity contribution in [3.8, 4) is 11.1 Å². The quantitative estimate of drug-likeness (QED) is 0.564. The van der Waals surface area contributed by atoms with Gasteiger partial charge in [-0.15, -0.1) is 6.58 Å². The van der Waals surface area contributed by atoms with Crippen LogP contribution in [0.15, 0.2) is 55.1 Å². The van der Waals surface area contributed by atoms with Crippen LogP contribution in [-0.2, 0) is 6.42 Å². The van der Waals surface area contributed by atoms with Crippen LogP contribution in [0.3, 0.4) is 0 Å². The number of anilines is 1. The van der Waals surface area contributed by atoms with E-state index >= 15 is 0 Å². The molecule has 100 valence electrons. The van der Waals surface area contributed by atoms with Crippen LogP contribution in [0.1, 0.15) is 11.1 Å². The Bertz CT molecular complexity index is 676. The molecular formula is C17H16N2S. The summed E-state index contributed by atoms with van der Waals surface area (Å²) >= 11 is 5.23. The summed E-state index contributed by atoms with van der Waals surface area (Å²) in [5.41, 5.74) is 6.45. The molecule has 0 fully saturated rings. The van der Waals surface area contributed by atoms with Crippen LogP contribution in [-0.4, -0.2) is 11.7 Å². The van der Waals surface area contributed by atoms with E-state index in [-0.39, 0.29) is 0 Å². The molecule has 0 atom stereocenters. The minimum Gasteiger partial charge on any atom is -0.359 e. The first-order valence-electron chi connectivity index (χ1n) is 6.65. The van der Waals surface area contributed by atoms with Crippen molar-refractivity contribution in [2.24, 2.45) is 0 Å². The third kappa shape index (κ3) is 2.45. The fourth-order valence-corrected chi connectivity index (χ4v) is 2.76. The summed E-state index contributed by atoms with van der Waals surface area (Å²) in [6, 6.07) is 15.0. The molecule has 1 aliphatic rings. The van der Waals surface area contributed by atoms with Crippen LogP contribution in [0.25, 0.3) is 11.1 Å². The third-order valence-electron chi connectivity index (χ3n) is 3.46. The first-order chi connectivity index (χ1) is 9.78. The lowest BCUT2D eigenvalue weighted by molar-refractivity contribution is 1.06. The van der Waals surface area contributed by atoms with Gasteiger partial charge in [-0.3, -0.25) is 0 Å². The highest BCUT2D eigenvalue weighted by molar-refractivity contribution is 7.80. The molecule has 0 amide bonds. The summed E-state index contributed by atoms with van der Waals surface area (Å²) < 4.78 is 0. The molecule has 0 unspecified atom stereocenters. The molecular weight excluding hydrogens is 264 g/mol. The summed E-state index contributed by atoms with van der Waals surface area (Å²) in [5, 5.41) is 6.90. The molecule has 0 saturated carbocycles. The molecule has 20 heavy (non-hydrogen) atoms. The average molecular weight is 280 g/mol. The van der Waals surface area contributed by atoms with Crippen LogP contribution in [0.2, 0.25) is 0 Å². The number of benzene rings is 2. The number of rotatable bonds is 3. The highest BCUT2D eigenvalue weighted by Gasteiger charge is 2.17. The van der Waals surface area contributed by atoms with Crippen LogP contribution >= 0.6 is 12.2 Å². The van der Waals surface area contributed by atoms with E-state index in [1.54, 1.807) is 6.08 Å². The zero-order valence-corrected chi connectivity index (χ0v) is 12.0. The molecule has 0 bridgehead atoms. The van der Waals surface area contributed by atoms with Gasteiger partial charge in [-0.25, -0.2) is 0 Å². The fourth-order valence-electron chi connectivity index (χ4n) is 2.56. The molecule has 2 aromatic carbocycles. The number of hydrogen-bond donors (Lipinski definition) is 2. The summed E-state index contributed by atoms with van der Waals surface area (Å²) in [5.74, 6) is 0. The Morgan fingerprint density at radius 1 is 1.15 bits per heavy atom. The lowest BCUT2D eigenvalue weighted by Crippen LogP contribution is -2.28. The van der Waals surface area contributed by atoms with E-state index in [2.05, 4.69) is 59.7 Å². The summed E-state index contributed by atoms with van der Waals surface area (Å²) in [6.07, 6.45) is 2.78. The van der Waals surface area contributed by atoms with Crippen molar-refractivity contribution >= 4 is 23.0 Å². The number of fused-ring (bicyclic) bond motifs is 3. The maximum atomic E-state index is 5.23. The summed E-state index contributed by atoms with van der Waals surface area (Å²) in [4.78, 5) is 0. The second-order valence-electron chi connectivity index (χ2n) is 4.83. The molecule has 2 nitrogen and oxygen atoms in total. The van der Waals surface area contributed by atoms with Gasteiger partial charge >= 0.3 is 0 Å². The molecule has 0 saturated heterocycles. The highest BCUT2D eigenvalue weighted by Crippen LogP contribution is 2.37. The molecule has 3 heteroatoms. The van der Waals surface area contributed by atoms with Crippen molar-refractivity contribution in [3.63, 3.8) is 0 Å². The van der Waals surface area contributed by atoms with E-state index in [1.807, 2.05) is 0 Å². The SMILES string of the molecule is C=CCNC(=S)Nc1ccc2c(c1)Cc1ccccc1-2. The van der Waals surface area contributed by atoms with Gasteiger partial charge in [0.2, 0.25) is 0 Å². The minimum atomic E-state index is 0.625. The number of hydrogen-bond acceptors (Lipinski definition) is 1. The third-order valence-corrected chi connectivity index (χ3v) is 3.70. The molecule has 0 aliphatic heterocycles. The van der Waals surface area contributed by atoms with Gasteiger partial charge in [0.25, 0.3) is 0 Å². The molecule has 1 aliphatic carbocycles. The van der Waals surface area contributed by atoms with E-state index in [0.29, 0.717) is 11.7 Å². The standard InChI is InChI=1S/C17H16N2S/c1-2-9-18-17(20)19-14-7-8-16-13(11-14)10-12-5-3-4-6-15(12)16/h2-8,11H,1,9-10H2,(H2,18,19,20). The van der Waals surface area contributed by atoms with E-state index < -0.39 is 0 Å². The molecule has 2 N–H and O–H groups in total. The largest absolute Gasteiger partial charge is 0.359 e. The molecule has 0 radical (unpaired) electrons. The Morgan fingerprint density at radius 3 is 2.80 bits per heavy atom. The van der Waals surface area contributed by atoms with Crippen molar-refractivity contribution < 1.29 is 0 Å². The molecule has 0 heterocycles. The minimum absolute atomic E-state index is 0.625. The smallest absolute Gasteiger partial charge is 0.171 e. The Morgan fingerprint density at radius 2 is 1.95 bits per heavy atom. The van der Waals surface area contributed by atoms with Gasteiger partial charge in [0.1, 0.15) is 0 Å². The zero-order valence-electron chi connectivity index (χ0n) is 11.1. The normalized spacial score (nSPS) is 11.4. The predicted octanol–water partition coefficient (Wildman–Crippen LogP) is 3.73. The lowest BCUT2D eigenvalue weighted by atomic mass is 10.1. The fraction of sp³-hybridized carbons (Fsp3) is 0.118. The Balaban J connectivity index is 1.80. The first kappa shape index (κ1) is 12.9. The van der Waals surface area contributed by atoms with Gasteiger partial charge in [-0.05, 0) is 53.0 Å². The Kier molecular flexibility index (Phi) is 3.52. The van der Waals surface area contributed by atoms with E-state index in [4.69, 9.17) is 12.2 Å². The van der Waals surface area contributed by atoms with Crippen molar-refractivity contribution in [2.75, 3.05) is 11.9 Å². The number of nitrogens with one attached hydrogen (secondary N) is 2. The summed E-state index contributed by atoms with van der Waals surface area (Å²) in [7, 11) is 0. The van der Waals surface area contributed by atoms with Crippen molar-refractivity contribution in [3.05, 3.63) is 66.2 Å². The average Bonchev–Trinajstić information content (AvgIpc) is 2.82. The van der Waals surface area contributed by atoms with Crippen molar-refractivity contribution in [1.82, 2.24) is 5.32 Å². The predicted molar refractivity (Wildman–Crippen MR) is 89.1 cm³/mol. The molecule has 3 rings (SSSR count). The van der Waals surface area contributed by atoms with Crippen LogP contribution in [0, 0.1) is 0 Å². The maximum absolute atomic E-state index is 5.23. The second kappa shape index (κ2) is 5.47. The molecule has 2 aromatic rings. The topological polar surface area (TPSA) is 24.1 Å². The highest BCUT2D eigenvalue weighted by atomic mass is 32.1. The van der Waals surface area contributed by atoms with Gasteiger partial charge < -0.3 is 10.6 Å². The van der Waals surface area contributed by atoms with Gasteiger partial charge in [0.05, 0.1) is 0 Å². The Hall–Kier alpha value is -2.13. The number of thiocarbonyl (C=S) groups is 1. The van der Waals surface area contributed by atoms with Crippen LogP contribution in [0.4, 0.5) is 5.69 Å². The monoisotopic (exact) mass is 280 g/mol.